The molecule has 1 aliphatic carbocycles. The Labute approximate surface area is 180 Å². The molecule has 1 aromatic heterocycles. The van der Waals surface area contributed by atoms with E-state index < -0.39 is 0 Å². The summed E-state index contributed by atoms with van der Waals surface area (Å²) in [5.74, 6) is 1.89. The molecule has 1 amide bonds. The van der Waals surface area contributed by atoms with E-state index in [1.54, 1.807) is 0 Å². The fraction of sp³-hybridized carbons (Fsp3) is 0.714. The number of aromatic nitrogens is 1. The van der Waals surface area contributed by atoms with Gasteiger partial charge in [-0.3, -0.25) is 4.79 Å². The Morgan fingerprint density at radius 2 is 2.10 bits per heavy atom. The van der Waals surface area contributed by atoms with Gasteiger partial charge in [-0.25, -0.2) is 4.98 Å². The lowest BCUT2D eigenvalue weighted by atomic mass is 9.94. The highest BCUT2D eigenvalue weighted by Crippen LogP contribution is 2.29. The van der Waals surface area contributed by atoms with Gasteiger partial charge in [-0.05, 0) is 30.9 Å². The van der Waals surface area contributed by atoms with Crippen molar-refractivity contribution in [1.29, 1.82) is 0 Å². The van der Waals surface area contributed by atoms with Crippen molar-refractivity contribution >= 4 is 24.1 Å². The lowest BCUT2D eigenvalue weighted by Gasteiger charge is -2.36. The van der Waals surface area contributed by atoms with Crippen LogP contribution in [0.25, 0.3) is 0 Å². The molecule has 4 rings (SSSR count). The third kappa shape index (κ3) is 5.81. The molecule has 3 fully saturated rings. The average molecular weight is 424 g/mol. The van der Waals surface area contributed by atoms with Gasteiger partial charge >= 0.3 is 0 Å². The molecule has 8 heteroatoms. The summed E-state index contributed by atoms with van der Waals surface area (Å²) in [6.07, 6.45) is 6.14. The average Bonchev–Trinajstić information content (AvgIpc) is 3.23. The molecule has 3 aliphatic rings. The number of piperazine rings is 1. The van der Waals surface area contributed by atoms with E-state index in [1.807, 2.05) is 29.3 Å². The number of hydrogen-bond donors (Lipinski definition) is 2. The molecule has 0 spiro atoms. The van der Waals surface area contributed by atoms with Gasteiger partial charge in [0.25, 0.3) is 0 Å². The van der Waals surface area contributed by atoms with Crippen LogP contribution in [0.4, 0.5) is 5.82 Å². The van der Waals surface area contributed by atoms with Crippen LogP contribution in [0.2, 0.25) is 0 Å². The van der Waals surface area contributed by atoms with Crippen molar-refractivity contribution < 1.29 is 9.53 Å². The van der Waals surface area contributed by atoms with Crippen LogP contribution in [0.5, 0.6) is 0 Å². The molecular weight excluding hydrogens is 390 g/mol. The first kappa shape index (κ1) is 22.3. The largest absolute Gasteiger partial charge is 0.379 e. The minimum atomic E-state index is 0. The van der Waals surface area contributed by atoms with Gasteiger partial charge in [0.15, 0.2) is 0 Å². The smallest absolute Gasteiger partial charge is 0.223 e. The van der Waals surface area contributed by atoms with E-state index in [2.05, 4.69) is 20.5 Å². The molecule has 3 heterocycles. The topological polar surface area (TPSA) is 69.7 Å². The van der Waals surface area contributed by atoms with Gasteiger partial charge in [-0.2, -0.15) is 0 Å². The van der Waals surface area contributed by atoms with Crippen LogP contribution in [-0.4, -0.2) is 80.4 Å². The van der Waals surface area contributed by atoms with Crippen LogP contribution in [0.15, 0.2) is 24.4 Å². The minimum absolute atomic E-state index is 0. The van der Waals surface area contributed by atoms with Gasteiger partial charge in [0.05, 0.1) is 13.2 Å². The fourth-order valence-corrected chi connectivity index (χ4v) is 4.83. The van der Waals surface area contributed by atoms with Gasteiger partial charge in [0, 0.05) is 64.0 Å². The molecule has 3 unspecified atom stereocenters. The first-order valence-corrected chi connectivity index (χ1v) is 10.8. The Morgan fingerprint density at radius 1 is 1.24 bits per heavy atom. The first-order chi connectivity index (χ1) is 13.8. The number of anilines is 1. The van der Waals surface area contributed by atoms with E-state index in [0.717, 1.165) is 58.3 Å². The maximum absolute atomic E-state index is 12.6. The molecule has 0 bridgehead atoms. The molecular formula is C21H34ClN5O2. The number of pyridine rings is 1. The molecule has 2 aliphatic heterocycles. The van der Waals surface area contributed by atoms with Crippen molar-refractivity contribution in [3.05, 3.63) is 24.4 Å². The highest BCUT2D eigenvalue weighted by molar-refractivity contribution is 5.85. The Balaban J connectivity index is 0.00000240. The minimum Gasteiger partial charge on any atom is -0.379 e. The van der Waals surface area contributed by atoms with E-state index >= 15 is 0 Å². The monoisotopic (exact) mass is 423 g/mol. The van der Waals surface area contributed by atoms with Crippen molar-refractivity contribution in [1.82, 2.24) is 20.5 Å². The van der Waals surface area contributed by atoms with Gasteiger partial charge in [0.2, 0.25) is 5.91 Å². The van der Waals surface area contributed by atoms with Crippen LogP contribution in [-0.2, 0) is 9.53 Å². The van der Waals surface area contributed by atoms with E-state index in [0.29, 0.717) is 24.4 Å². The van der Waals surface area contributed by atoms with Crippen molar-refractivity contribution in [3.8, 4) is 0 Å². The third-order valence-electron chi connectivity index (χ3n) is 6.39. The maximum atomic E-state index is 12.6. The summed E-state index contributed by atoms with van der Waals surface area (Å²) < 4.78 is 5.65. The number of morpholine rings is 1. The van der Waals surface area contributed by atoms with Crippen LogP contribution >= 0.6 is 12.4 Å². The summed E-state index contributed by atoms with van der Waals surface area (Å²) in [5, 5.41) is 7.28. The zero-order valence-corrected chi connectivity index (χ0v) is 17.9. The second kappa shape index (κ2) is 11.1. The molecule has 0 radical (unpaired) electrons. The second-order valence-electron chi connectivity index (χ2n) is 8.10. The van der Waals surface area contributed by atoms with Crippen molar-refractivity contribution in [2.24, 2.45) is 5.92 Å². The number of carbonyl (C=O) groups excluding carboxylic acids is 1. The summed E-state index contributed by atoms with van der Waals surface area (Å²) in [6.45, 7) is 6.65. The molecule has 7 nitrogen and oxygen atoms in total. The quantitative estimate of drug-likeness (QED) is 0.718. The number of hydrogen-bond acceptors (Lipinski definition) is 6. The summed E-state index contributed by atoms with van der Waals surface area (Å²) in [4.78, 5) is 21.3. The lowest BCUT2D eigenvalue weighted by Crippen LogP contribution is -2.51. The number of amides is 1. The van der Waals surface area contributed by atoms with Crippen LogP contribution in [0.1, 0.15) is 25.7 Å². The first-order valence-electron chi connectivity index (χ1n) is 10.8. The predicted octanol–water partition coefficient (Wildman–Crippen LogP) is 1.29. The Bertz CT molecular complexity index is 621. The van der Waals surface area contributed by atoms with E-state index in [-0.39, 0.29) is 18.3 Å². The Kier molecular flexibility index (Phi) is 8.53. The molecule has 162 valence electrons. The molecule has 0 aromatic carbocycles. The summed E-state index contributed by atoms with van der Waals surface area (Å²) in [6, 6.07) is 6.95. The maximum Gasteiger partial charge on any atom is 0.223 e. The standard InChI is InChI=1S/C21H33N5O2.ClH/c27-21(26-13-11-25(12-14-26)20-6-1-2-8-24-20)7-9-22-18-5-3-4-17(18)19-16-28-15-10-23-19;/h1-2,6,8,17-19,22-23H,3-5,7,9-16H2;1H. The number of carbonyl (C=O) groups is 1. The zero-order chi connectivity index (χ0) is 19.2. The molecule has 1 saturated carbocycles. The summed E-state index contributed by atoms with van der Waals surface area (Å²) in [7, 11) is 0. The van der Waals surface area contributed by atoms with Crippen molar-refractivity contribution in [2.45, 2.75) is 37.8 Å². The van der Waals surface area contributed by atoms with Gasteiger partial charge in [-0.1, -0.05) is 12.5 Å². The van der Waals surface area contributed by atoms with Gasteiger partial charge in [0.1, 0.15) is 5.82 Å². The number of halogens is 1. The Hall–Kier alpha value is -1.41. The number of rotatable bonds is 6. The second-order valence-corrected chi connectivity index (χ2v) is 8.10. The summed E-state index contributed by atoms with van der Waals surface area (Å²) in [5.41, 5.74) is 0. The fourth-order valence-electron chi connectivity index (χ4n) is 4.83. The number of ether oxygens (including phenoxy) is 1. The van der Waals surface area contributed by atoms with Gasteiger partial charge in [-0.15, -0.1) is 12.4 Å². The predicted molar refractivity (Wildman–Crippen MR) is 117 cm³/mol. The highest BCUT2D eigenvalue weighted by Gasteiger charge is 2.34. The van der Waals surface area contributed by atoms with Crippen LogP contribution < -0.4 is 15.5 Å². The van der Waals surface area contributed by atoms with Crippen molar-refractivity contribution in [3.63, 3.8) is 0 Å². The highest BCUT2D eigenvalue weighted by atomic mass is 35.5. The van der Waals surface area contributed by atoms with Crippen molar-refractivity contribution in [2.75, 3.05) is 57.4 Å². The zero-order valence-electron chi connectivity index (χ0n) is 17.1. The molecule has 2 N–H and O–H groups in total. The normalized spacial score (nSPS) is 27.5. The SMILES string of the molecule is Cl.O=C(CCNC1CCCC1C1COCCN1)N1CCN(c2ccccn2)CC1. The van der Waals surface area contributed by atoms with E-state index in [1.165, 1.54) is 19.3 Å². The molecule has 2 saturated heterocycles. The van der Waals surface area contributed by atoms with Crippen LogP contribution in [0, 0.1) is 5.92 Å². The van der Waals surface area contributed by atoms with E-state index in [4.69, 9.17) is 4.74 Å². The van der Waals surface area contributed by atoms with Gasteiger partial charge < -0.3 is 25.2 Å². The Morgan fingerprint density at radius 3 is 2.83 bits per heavy atom. The molecule has 1 aromatic rings. The number of nitrogens with zero attached hydrogens (tertiary/aromatic N) is 3. The third-order valence-corrected chi connectivity index (χ3v) is 6.39. The summed E-state index contributed by atoms with van der Waals surface area (Å²) >= 11 is 0. The number of nitrogens with one attached hydrogen (secondary N) is 2. The van der Waals surface area contributed by atoms with Crippen LogP contribution in [0.3, 0.4) is 0 Å². The molecule has 3 atom stereocenters. The lowest BCUT2D eigenvalue weighted by molar-refractivity contribution is -0.131. The van der Waals surface area contributed by atoms with E-state index in [9.17, 15) is 4.79 Å². The molecule has 29 heavy (non-hydrogen) atoms.